The number of likely N-dealkylation sites (tertiary alicyclic amines) is 1. The zero-order valence-electron chi connectivity index (χ0n) is 14.7. The first kappa shape index (κ1) is 18.2. The van der Waals surface area contributed by atoms with Crippen molar-refractivity contribution < 1.29 is 22.5 Å². The van der Waals surface area contributed by atoms with Crippen LogP contribution < -0.4 is 0 Å². The van der Waals surface area contributed by atoms with Crippen molar-refractivity contribution in [1.82, 2.24) is 24.6 Å². The van der Waals surface area contributed by atoms with Gasteiger partial charge in [0.25, 0.3) is 0 Å². The Balaban J connectivity index is 1.46. The van der Waals surface area contributed by atoms with E-state index in [1.54, 1.807) is 41.4 Å². The number of benzene rings is 1. The average molecular weight is 391 g/mol. The van der Waals surface area contributed by atoms with Gasteiger partial charge in [0.1, 0.15) is 0 Å². The molecule has 1 amide bonds. The van der Waals surface area contributed by atoms with Gasteiger partial charge in [-0.25, -0.2) is 4.98 Å². The molecule has 0 radical (unpaired) electrons. The maximum atomic E-state index is 12.6. The van der Waals surface area contributed by atoms with Gasteiger partial charge >= 0.3 is 12.1 Å². The highest BCUT2D eigenvalue weighted by atomic mass is 19.4. The quantitative estimate of drug-likeness (QED) is 0.683. The predicted octanol–water partition coefficient (Wildman–Crippen LogP) is 3.11. The summed E-state index contributed by atoms with van der Waals surface area (Å²) in [6.07, 6.45) is 1.00. The second kappa shape index (κ2) is 7.10. The Labute approximate surface area is 157 Å². The van der Waals surface area contributed by atoms with Crippen molar-refractivity contribution in [3.05, 3.63) is 48.4 Å². The topological polar surface area (TPSA) is 77.0 Å². The normalized spacial score (nSPS) is 14.6. The molecule has 1 aliphatic rings. The van der Waals surface area contributed by atoms with Crippen molar-refractivity contribution in [2.24, 2.45) is 0 Å². The highest BCUT2D eigenvalue weighted by Crippen LogP contribution is 2.29. The van der Waals surface area contributed by atoms with Crippen molar-refractivity contribution in [2.45, 2.75) is 25.4 Å². The molecular formula is C18H16F3N5O2. The highest BCUT2D eigenvalue weighted by molar-refractivity contribution is 5.78. The first-order chi connectivity index (χ1) is 13.4. The number of carbonyl (C=O) groups excluding carboxylic acids is 1. The van der Waals surface area contributed by atoms with Crippen LogP contribution in [0.3, 0.4) is 0 Å². The van der Waals surface area contributed by atoms with Gasteiger partial charge in [-0.2, -0.15) is 18.2 Å². The smallest absolute Gasteiger partial charge is 0.342 e. The SMILES string of the molecule is O=C(Cc1cn(-c2ccc(-c3noc(C(F)(F)F)n3)cc2)cn1)N1CCCC1. The Morgan fingerprint density at radius 2 is 1.86 bits per heavy atom. The average Bonchev–Trinajstić information content (AvgIpc) is 3.42. The summed E-state index contributed by atoms with van der Waals surface area (Å²) in [5.74, 6) is -1.45. The number of alkyl halides is 3. The number of halogens is 3. The molecule has 1 saturated heterocycles. The van der Waals surface area contributed by atoms with E-state index in [1.165, 1.54) is 0 Å². The summed E-state index contributed by atoms with van der Waals surface area (Å²) in [4.78, 5) is 21.7. The van der Waals surface area contributed by atoms with Crippen LogP contribution in [0.25, 0.3) is 17.1 Å². The largest absolute Gasteiger partial charge is 0.471 e. The fourth-order valence-corrected chi connectivity index (χ4v) is 3.07. The van der Waals surface area contributed by atoms with Gasteiger partial charge in [0.15, 0.2) is 0 Å². The van der Waals surface area contributed by atoms with Gasteiger partial charge in [-0.1, -0.05) is 5.16 Å². The highest BCUT2D eigenvalue weighted by Gasteiger charge is 2.38. The molecule has 10 heteroatoms. The monoisotopic (exact) mass is 391 g/mol. The Bertz CT molecular complexity index is 972. The van der Waals surface area contributed by atoms with E-state index in [0.717, 1.165) is 31.6 Å². The summed E-state index contributed by atoms with van der Waals surface area (Å²) in [6, 6.07) is 6.59. The van der Waals surface area contributed by atoms with Crippen LogP contribution in [0.5, 0.6) is 0 Å². The third-order valence-corrected chi connectivity index (χ3v) is 4.52. The minimum atomic E-state index is -4.68. The first-order valence-corrected chi connectivity index (χ1v) is 8.72. The van der Waals surface area contributed by atoms with Gasteiger partial charge in [0, 0.05) is 30.5 Å². The predicted molar refractivity (Wildman–Crippen MR) is 91.4 cm³/mol. The summed E-state index contributed by atoms with van der Waals surface area (Å²) in [5.41, 5.74) is 1.80. The molecule has 0 N–H and O–H groups in total. The second-order valence-corrected chi connectivity index (χ2v) is 6.50. The maximum Gasteiger partial charge on any atom is 0.471 e. The van der Waals surface area contributed by atoms with E-state index in [2.05, 4.69) is 19.6 Å². The van der Waals surface area contributed by atoms with Crippen LogP contribution in [0.2, 0.25) is 0 Å². The van der Waals surface area contributed by atoms with Gasteiger partial charge in [0.05, 0.1) is 18.4 Å². The van der Waals surface area contributed by atoms with Gasteiger partial charge < -0.3 is 14.0 Å². The summed E-state index contributed by atoms with van der Waals surface area (Å²) < 4.78 is 43.7. The number of hydrogen-bond donors (Lipinski definition) is 0. The van der Waals surface area contributed by atoms with Crippen LogP contribution in [0.4, 0.5) is 13.2 Å². The number of hydrogen-bond acceptors (Lipinski definition) is 5. The van der Waals surface area contributed by atoms with Crippen molar-refractivity contribution >= 4 is 5.91 Å². The van der Waals surface area contributed by atoms with E-state index >= 15 is 0 Å². The number of imidazole rings is 1. The number of carbonyl (C=O) groups is 1. The lowest BCUT2D eigenvalue weighted by Gasteiger charge is -2.13. The lowest BCUT2D eigenvalue weighted by atomic mass is 10.2. The zero-order chi connectivity index (χ0) is 19.7. The maximum absolute atomic E-state index is 12.6. The Morgan fingerprint density at radius 3 is 2.50 bits per heavy atom. The van der Waals surface area contributed by atoms with E-state index in [9.17, 15) is 18.0 Å². The van der Waals surface area contributed by atoms with Gasteiger partial charge in [0.2, 0.25) is 11.7 Å². The van der Waals surface area contributed by atoms with Crippen LogP contribution >= 0.6 is 0 Å². The molecule has 0 aliphatic carbocycles. The van der Waals surface area contributed by atoms with Crippen LogP contribution in [-0.2, 0) is 17.4 Å². The standard InChI is InChI=1S/C18H16F3N5O2/c19-18(20,21)17-23-16(24-28-17)12-3-5-14(6-4-12)26-10-13(22-11-26)9-15(27)25-7-1-2-8-25/h3-6,10-11H,1-2,7-9H2. The molecular weight excluding hydrogens is 375 g/mol. The van der Waals surface area contributed by atoms with Crippen molar-refractivity contribution in [1.29, 1.82) is 0 Å². The fraction of sp³-hybridized carbons (Fsp3) is 0.333. The molecule has 3 aromatic rings. The zero-order valence-corrected chi connectivity index (χ0v) is 14.7. The lowest BCUT2D eigenvalue weighted by Crippen LogP contribution is -2.29. The minimum absolute atomic E-state index is 0.0654. The Morgan fingerprint density at radius 1 is 1.14 bits per heavy atom. The molecule has 1 aromatic carbocycles. The molecule has 2 aromatic heterocycles. The summed E-state index contributed by atoms with van der Waals surface area (Å²) in [6.45, 7) is 1.60. The fourth-order valence-electron chi connectivity index (χ4n) is 3.07. The lowest BCUT2D eigenvalue weighted by molar-refractivity contribution is -0.159. The molecule has 0 bridgehead atoms. The van der Waals surface area contributed by atoms with Crippen LogP contribution in [-0.4, -0.2) is 43.6 Å². The first-order valence-electron chi connectivity index (χ1n) is 8.72. The molecule has 146 valence electrons. The van der Waals surface area contributed by atoms with Gasteiger partial charge in [-0.05, 0) is 37.1 Å². The molecule has 3 heterocycles. The molecule has 0 unspecified atom stereocenters. The number of amides is 1. The molecule has 0 spiro atoms. The van der Waals surface area contributed by atoms with Crippen molar-refractivity contribution in [2.75, 3.05) is 13.1 Å². The Kier molecular flexibility index (Phi) is 4.62. The van der Waals surface area contributed by atoms with E-state index in [-0.39, 0.29) is 18.2 Å². The molecule has 28 heavy (non-hydrogen) atoms. The second-order valence-electron chi connectivity index (χ2n) is 6.50. The van der Waals surface area contributed by atoms with Crippen molar-refractivity contribution in [3.63, 3.8) is 0 Å². The van der Waals surface area contributed by atoms with Crippen LogP contribution in [0.1, 0.15) is 24.4 Å². The Hall–Kier alpha value is -3.17. The van der Waals surface area contributed by atoms with Crippen LogP contribution in [0.15, 0.2) is 41.3 Å². The molecule has 7 nitrogen and oxygen atoms in total. The van der Waals surface area contributed by atoms with Crippen LogP contribution in [0, 0.1) is 0 Å². The molecule has 4 rings (SSSR count). The third-order valence-electron chi connectivity index (χ3n) is 4.52. The van der Waals surface area contributed by atoms with E-state index < -0.39 is 12.1 Å². The third kappa shape index (κ3) is 3.75. The summed E-state index contributed by atoms with van der Waals surface area (Å²) >= 11 is 0. The van der Waals surface area contributed by atoms with E-state index in [1.807, 2.05) is 4.90 Å². The van der Waals surface area contributed by atoms with Crippen molar-refractivity contribution in [3.8, 4) is 17.1 Å². The number of rotatable bonds is 4. The molecule has 1 fully saturated rings. The van der Waals surface area contributed by atoms with Gasteiger partial charge in [-0.3, -0.25) is 4.79 Å². The molecule has 1 aliphatic heterocycles. The number of aromatic nitrogens is 4. The number of nitrogens with zero attached hydrogens (tertiary/aromatic N) is 5. The van der Waals surface area contributed by atoms with Gasteiger partial charge in [-0.15, -0.1) is 0 Å². The van der Waals surface area contributed by atoms with E-state index in [4.69, 9.17) is 0 Å². The molecule has 0 saturated carbocycles. The summed E-state index contributed by atoms with van der Waals surface area (Å²) in [7, 11) is 0. The van der Waals surface area contributed by atoms with E-state index in [0.29, 0.717) is 11.3 Å². The summed E-state index contributed by atoms with van der Waals surface area (Å²) in [5, 5.41) is 3.36. The minimum Gasteiger partial charge on any atom is -0.342 e. The molecule has 0 atom stereocenters.